The minimum absolute atomic E-state index is 0.177. The molecular weight excluding hydrogens is 250 g/mol. The van der Waals surface area contributed by atoms with Gasteiger partial charge in [-0.15, -0.1) is 0 Å². The lowest BCUT2D eigenvalue weighted by molar-refractivity contribution is -0.141. The second-order valence-electron chi connectivity index (χ2n) is 3.39. The van der Waals surface area contributed by atoms with Crippen LogP contribution in [0, 0.1) is 5.82 Å². The van der Waals surface area contributed by atoms with E-state index < -0.39 is 17.7 Å². The third-order valence-corrected chi connectivity index (χ3v) is 2.07. The van der Waals surface area contributed by atoms with Crippen molar-refractivity contribution in [3.05, 3.63) is 54.0 Å². The Balaban J connectivity index is 2.28. The highest BCUT2D eigenvalue weighted by molar-refractivity contribution is 5.29. The summed E-state index contributed by atoms with van der Waals surface area (Å²) in [6, 6.07) is 8.58. The number of hydrogen-bond donors (Lipinski definition) is 0. The smallest absolute Gasteiger partial charge is 0.433 e. The van der Waals surface area contributed by atoms with Gasteiger partial charge in [0.1, 0.15) is 5.69 Å². The molecule has 0 N–H and O–H groups in total. The van der Waals surface area contributed by atoms with E-state index in [0.29, 0.717) is 0 Å². The maximum atomic E-state index is 13.2. The maximum absolute atomic E-state index is 13.2. The molecule has 94 valence electrons. The van der Waals surface area contributed by atoms with Gasteiger partial charge in [-0.2, -0.15) is 13.2 Å². The number of para-hydroxylation sites is 1. The lowest BCUT2D eigenvalue weighted by Gasteiger charge is -2.09. The molecule has 1 aromatic carbocycles. The van der Waals surface area contributed by atoms with Crippen LogP contribution in [0.3, 0.4) is 0 Å². The number of halogens is 4. The van der Waals surface area contributed by atoms with E-state index in [0.717, 1.165) is 18.2 Å². The highest BCUT2D eigenvalue weighted by atomic mass is 19.4. The van der Waals surface area contributed by atoms with Gasteiger partial charge in [-0.25, -0.2) is 9.37 Å². The Hall–Kier alpha value is -2.11. The first-order chi connectivity index (χ1) is 8.47. The average molecular weight is 257 g/mol. The van der Waals surface area contributed by atoms with E-state index in [4.69, 9.17) is 4.74 Å². The Labute approximate surface area is 99.8 Å². The van der Waals surface area contributed by atoms with Crippen molar-refractivity contribution in [3.8, 4) is 11.6 Å². The summed E-state index contributed by atoms with van der Waals surface area (Å²) in [6.07, 6.45) is -4.56. The molecule has 0 amide bonds. The fourth-order valence-electron chi connectivity index (χ4n) is 1.27. The number of nitrogens with zero attached hydrogens (tertiary/aromatic N) is 1. The van der Waals surface area contributed by atoms with Crippen molar-refractivity contribution < 1.29 is 22.3 Å². The van der Waals surface area contributed by atoms with Crippen LogP contribution in [0.15, 0.2) is 42.5 Å². The van der Waals surface area contributed by atoms with Gasteiger partial charge in [-0.3, -0.25) is 0 Å². The number of rotatable bonds is 2. The molecule has 2 rings (SSSR count). The normalized spacial score (nSPS) is 11.3. The molecule has 18 heavy (non-hydrogen) atoms. The average Bonchev–Trinajstić information content (AvgIpc) is 2.31. The minimum atomic E-state index is -4.56. The first-order valence-corrected chi connectivity index (χ1v) is 4.93. The van der Waals surface area contributed by atoms with Crippen molar-refractivity contribution in [2.75, 3.05) is 0 Å². The Kier molecular flexibility index (Phi) is 3.18. The molecule has 0 saturated heterocycles. The lowest BCUT2D eigenvalue weighted by Crippen LogP contribution is -2.08. The first kappa shape index (κ1) is 12.3. The molecule has 2 aromatic rings. The van der Waals surface area contributed by atoms with E-state index in [-0.39, 0.29) is 11.6 Å². The van der Waals surface area contributed by atoms with Crippen LogP contribution in [0.25, 0.3) is 0 Å². The molecule has 0 bridgehead atoms. The molecule has 6 heteroatoms. The quantitative estimate of drug-likeness (QED) is 0.758. The fourth-order valence-corrected chi connectivity index (χ4v) is 1.27. The third-order valence-electron chi connectivity index (χ3n) is 2.07. The van der Waals surface area contributed by atoms with Crippen LogP contribution in [0.5, 0.6) is 11.6 Å². The number of benzene rings is 1. The highest BCUT2D eigenvalue weighted by Crippen LogP contribution is 2.30. The summed E-state index contributed by atoms with van der Waals surface area (Å²) in [5.41, 5.74) is -1.09. The van der Waals surface area contributed by atoms with Crippen LogP contribution in [0.2, 0.25) is 0 Å². The molecule has 0 aliphatic carbocycles. The van der Waals surface area contributed by atoms with Crippen LogP contribution in [0.4, 0.5) is 17.6 Å². The number of ether oxygens (including phenoxy) is 1. The maximum Gasteiger partial charge on any atom is 0.433 e. The summed E-state index contributed by atoms with van der Waals surface area (Å²) >= 11 is 0. The standard InChI is InChI=1S/C12H7F4NO/c13-8-4-1-2-5-9(8)18-11-7-3-6-10(17-11)12(14,15)16/h1-7H. The van der Waals surface area contributed by atoms with Crippen molar-refractivity contribution in [2.45, 2.75) is 6.18 Å². The van der Waals surface area contributed by atoms with E-state index in [1.807, 2.05) is 0 Å². The SMILES string of the molecule is Fc1ccccc1Oc1cccc(C(F)(F)F)n1. The summed E-state index contributed by atoms with van der Waals surface area (Å²) in [5, 5.41) is 0. The van der Waals surface area contributed by atoms with Crippen LogP contribution < -0.4 is 4.74 Å². The molecule has 0 aliphatic rings. The zero-order chi connectivity index (χ0) is 13.2. The molecule has 0 unspecified atom stereocenters. The van der Waals surface area contributed by atoms with Crippen molar-refractivity contribution in [3.63, 3.8) is 0 Å². The van der Waals surface area contributed by atoms with Crippen LogP contribution in [-0.4, -0.2) is 4.98 Å². The minimum Gasteiger partial charge on any atom is -0.436 e. The molecule has 0 atom stereocenters. The van der Waals surface area contributed by atoms with Gasteiger partial charge in [0, 0.05) is 6.07 Å². The molecule has 0 aliphatic heterocycles. The van der Waals surface area contributed by atoms with Gasteiger partial charge in [-0.1, -0.05) is 18.2 Å². The monoisotopic (exact) mass is 257 g/mol. The second-order valence-corrected chi connectivity index (χ2v) is 3.39. The van der Waals surface area contributed by atoms with Gasteiger partial charge in [0.25, 0.3) is 0 Å². The van der Waals surface area contributed by atoms with Gasteiger partial charge in [0.15, 0.2) is 11.6 Å². The fraction of sp³-hybridized carbons (Fsp3) is 0.0833. The van der Waals surface area contributed by atoms with E-state index >= 15 is 0 Å². The predicted octanol–water partition coefficient (Wildman–Crippen LogP) is 4.03. The van der Waals surface area contributed by atoms with Gasteiger partial charge < -0.3 is 4.74 Å². The Bertz CT molecular complexity index is 554. The first-order valence-electron chi connectivity index (χ1n) is 4.93. The van der Waals surface area contributed by atoms with Crippen molar-refractivity contribution in [1.82, 2.24) is 4.98 Å². The molecule has 0 saturated carbocycles. The van der Waals surface area contributed by atoms with Crippen LogP contribution >= 0.6 is 0 Å². The summed E-state index contributed by atoms with van der Waals surface area (Å²) in [4.78, 5) is 3.27. The third kappa shape index (κ3) is 2.77. The lowest BCUT2D eigenvalue weighted by atomic mass is 10.3. The summed E-state index contributed by atoms with van der Waals surface area (Å²) in [5.74, 6) is -1.16. The largest absolute Gasteiger partial charge is 0.436 e. The number of alkyl halides is 3. The van der Waals surface area contributed by atoms with E-state index in [9.17, 15) is 17.6 Å². The molecule has 0 fully saturated rings. The Morgan fingerprint density at radius 2 is 1.67 bits per heavy atom. The summed E-state index contributed by atoms with van der Waals surface area (Å²) in [7, 11) is 0. The molecular formula is C12H7F4NO. The predicted molar refractivity (Wildman–Crippen MR) is 55.7 cm³/mol. The van der Waals surface area contributed by atoms with Crippen LogP contribution in [0.1, 0.15) is 5.69 Å². The van der Waals surface area contributed by atoms with Crippen molar-refractivity contribution in [1.29, 1.82) is 0 Å². The molecule has 0 radical (unpaired) electrons. The molecule has 1 heterocycles. The van der Waals surface area contributed by atoms with E-state index in [1.165, 1.54) is 24.3 Å². The summed E-state index contributed by atoms with van der Waals surface area (Å²) in [6.45, 7) is 0. The van der Waals surface area contributed by atoms with Crippen molar-refractivity contribution >= 4 is 0 Å². The molecule has 1 aromatic heterocycles. The molecule has 0 spiro atoms. The van der Waals surface area contributed by atoms with Gasteiger partial charge in [-0.05, 0) is 18.2 Å². The highest BCUT2D eigenvalue weighted by Gasteiger charge is 2.32. The van der Waals surface area contributed by atoms with E-state index in [1.54, 1.807) is 0 Å². The second kappa shape index (κ2) is 4.64. The number of pyridine rings is 1. The van der Waals surface area contributed by atoms with Gasteiger partial charge in [0.05, 0.1) is 0 Å². The molecule has 2 nitrogen and oxygen atoms in total. The van der Waals surface area contributed by atoms with Crippen LogP contribution in [-0.2, 0) is 6.18 Å². The van der Waals surface area contributed by atoms with E-state index in [2.05, 4.69) is 4.98 Å². The number of aromatic nitrogens is 1. The number of hydrogen-bond acceptors (Lipinski definition) is 2. The summed E-state index contributed by atoms with van der Waals surface area (Å²) < 4.78 is 55.4. The van der Waals surface area contributed by atoms with Gasteiger partial charge in [0.2, 0.25) is 5.88 Å². The zero-order valence-electron chi connectivity index (χ0n) is 8.91. The topological polar surface area (TPSA) is 22.1 Å². The van der Waals surface area contributed by atoms with Crippen molar-refractivity contribution in [2.24, 2.45) is 0 Å². The Morgan fingerprint density at radius 1 is 0.944 bits per heavy atom. The Morgan fingerprint density at radius 3 is 2.33 bits per heavy atom. The zero-order valence-corrected chi connectivity index (χ0v) is 8.91. The van der Waals surface area contributed by atoms with Gasteiger partial charge >= 0.3 is 6.18 Å².